The lowest BCUT2D eigenvalue weighted by molar-refractivity contribution is 0.492. The Morgan fingerprint density at radius 2 is 2.38 bits per heavy atom. The number of benzene rings is 1. The van der Waals surface area contributed by atoms with Gasteiger partial charge in [-0.15, -0.1) is 0 Å². The van der Waals surface area contributed by atoms with Gasteiger partial charge < -0.3 is 4.42 Å². The number of aromatic nitrogens is 1. The molecule has 1 heterocycles. The lowest BCUT2D eigenvalue weighted by Crippen LogP contribution is -1.66. The highest BCUT2D eigenvalue weighted by Gasteiger charge is 2.02. The molecule has 0 fully saturated rings. The topological polar surface area (TPSA) is 38.4 Å². The molecule has 2 rings (SSSR count). The Bertz CT molecular complexity index is 500. The van der Waals surface area contributed by atoms with Gasteiger partial charge in [-0.25, -0.2) is 4.98 Å². The third-order valence-corrected chi connectivity index (χ3v) is 1.82. The summed E-state index contributed by atoms with van der Waals surface area (Å²) in [7, 11) is 0. The molecule has 1 aromatic heterocycles. The van der Waals surface area contributed by atoms with Crippen LogP contribution in [-0.4, -0.2) is 10.1 Å². The van der Waals surface area contributed by atoms with E-state index in [1.54, 1.807) is 18.2 Å². The SMILES string of the molecule is S=C=Nc1ccc2nc(S)oc2c1. The largest absolute Gasteiger partial charge is 0.431 e. The molecule has 0 radical (unpaired) electrons. The minimum Gasteiger partial charge on any atom is -0.431 e. The van der Waals surface area contributed by atoms with Gasteiger partial charge in [0.15, 0.2) is 5.58 Å². The summed E-state index contributed by atoms with van der Waals surface area (Å²) in [4.78, 5) is 7.84. The van der Waals surface area contributed by atoms with Crippen molar-refractivity contribution in [3.63, 3.8) is 0 Å². The van der Waals surface area contributed by atoms with Gasteiger partial charge in [0.2, 0.25) is 0 Å². The Hall–Kier alpha value is -1.16. The number of oxazole rings is 1. The van der Waals surface area contributed by atoms with Gasteiger partial charge in [-0.3, -0.25) is 0 Å². The first-order chi connectivity index (χ1) is 6.29. The zero-order valence-electron chi connectivity index (χ0n) is 6.39. The lowest BCUT2D eigenvalue weighted by Gasteiger charge is -1.88. The van der Waals surface area contributed by atoms with Gasteiger partial charge in [0.25, 0.3) is 5.22 Å². The first-order valence-electron chi connectivity index (χ1n) is 3.47. The van der Waals surface area contributed by atoms with Crippen LogP contribution in [0.1, 0.15) is 0 Å². The number of nitrogens with zero attached hydrogens (tertiary/aromatic N) is 2. The van der Waals surface area contributed by atoms with Crippen molar-refractivity contribution in [2.24, 2.45) is 4.99 Å². The number of thiocarbonyl (C=S) groups is 1. The first kappa shape index (κ1) is 8.44. The molecule has 0 spiro atoms. The van der Waals surface area contributed by atoms with Crippen LogP contribution in [0.5, 0.6) is 0 Å². The fraction of sp³-hybridized carbons (Fsp3) is 0. The van der Waals surface area contributed by atoms with Crippen LogP contribution in [0.3, 0.4) is 0 Å². The molecule has 0 amide bonds. The van der Waals surface area contributed by atoms with Crippen molar-refractivity contribution in [1.82, 2.24) is 4.98 Å². The van der Waals surface area contributed by atoms with E-state index in [1.165, 1.54) is 0 Å². The van der Waals surface area contributed by atoms with E-state index in [0.29, 0.717) is 16.5 Å². The molecular weight excluding hydrogens is 204 g/mol. The van der Waals surface area contributed by atoms with Gasteiger partial charge in [-0.1, -0.05) is 12.6 Å². The van der Waals surface area contributed by atoms with Crippen molar-refractivity contribution in [3.8, 4) is 0 Å². The van der Waals surface area contributed by atoms with Gasteiger partial charge in [-0.05, 0) is 24.4 Å². The van der Waals surface area contributed by atoms with Crippen LogP contribution >= 0.6 is 24.8 Å². The summed E-state index contributed by atoms with van der Waals surface area (Å²) < 4.78 is 5.19. The standard InChI is InChI=1S/C8H4N2OS2/c12-4-9-5-1-2-6-7(3-5)11-8(13)10-6/h1-3H,(H,10,13). The smallest absolute Gasteiger partial charge is 0.253 e. The van der Waals surface area contributed by atoms with Gasteiger partial charge in [0.05, 0.1) is 10.8 Å². The van der Waals surface area contributed by atoms with Crippen molar-refractivity contribution in [2.45, 2.75) is 5.22 Å². The zero-order chi connectivity index (χ0) is 9.26. The van der Waals surface area contributed by atoms with Crippen LogP contribution in [0.4, 0.5) is 5.69 Å². The molecule has 0 aliphatic carbocycles. The Morgan fingerprint density at radius 1 is 1.54 bits per heavy atom. The Labute approximate surface area is 84.9 Å². The van der Waals surface area contributed by atoms with Gasteiger partial charge >= 0.3 is 0 Å². The third kappa shape index (κ3) is 1.62. The highest BCUT2D eigenvalue weighted by Crippen LogP contribution is 2.22. The summed E-state index contributed by atoms with van der Waals surface area (Å²) in [6.07, 6.45) is 0. The maximum absolute atomic E-state index is 5.19. The average molecular weight is 208 g/mol. The second-order valence-corrected chi connectivity index (χ2v) is 2.92. The third-order valence-electron chi connectivity index (χ3n) is 1.54. The fourth-order valence-electron chi connectivity index (χ4n) is 1.02. The van der Waals surface area contributed by atoms with E-state index in [4.69, 9.17) is 4.42 Å². The molecule has 3 nitrogen and oxygen atoms in total. The summed E-state index contributed by atoms with van der Waals surface area (Å²) in [6.45, 7) is 0. The molecule has 0 aliphatic heterocycles. The Morgan fingerprint density at radius 3 is 3.15 bits per heavy atom. The van der Waals surface area contributed by atoms with E-state index in [1.807, 2.05) is 0 Å². The molecule has 64 valence electrons. The van der Waals surface area contributed by atoms with Gasteiger partial charge in [-0.2, -0.15) is 4.99 Å². The summed E-state index contributed by atoms with van der Waals surface area (Å²) >= 11 is 8.47. The van der Waals surface area contributed by atoms with Crippen molar-refractivity contribution in [3.05, 3.63) is 18.2 Å². The van der Waals surface area contributed by atoms with Crippen LogP contribution in [0, 0.1) is 0 Å². The molecular formula is C8H4N2OS2. The second-order valence-electron chi connectivity index (χ2n) is 2.35. The molecule has 0 saturated heterocycles. The Balaban J connectivity index is 2.67. The van der Waals surface area contributed by atoms with E-state index >= 15 is 0 Å². The predicted molar refractivity (Wildman–Crippen MR) is 55.9 cm³/mol. The maximum Gasteiger partial charge on any atom is 0.253 e. The van der Waals surface area contributed by atoms with E-state index in [-0.39, 0.29) is 0 Å². The molecule has 0 unspecified atom stereocenters. The second kappa shape index (κ2) is 3.30. The first-order valence-corrected chi connectivity index (χ1v) is 4.32. The quantitative estimate of drug-likeness (QED) is 0.445. The highest BCUT2D eigenvalue weighted by atomic mass is 32.1. The van der Waals surface area contributed by atoms with Crippen LogP contribution in [0.15, 0.2) is 32.8 Å². The monoisotopic (exact) mass is 208 g/mol. The van der Waals surface area contributed by atoms with Gasteiger partial charge in [0.1, 0.15) is 5.52 Å². The normalized spacial score (nSPS) is 9.92. The molecule has 0 aliphatic rings. The highest BCUT2D eigenvalue weighted by molar-refractivity contribution is 7.80. The van der Waals surface area contributed by atoms with Crippen LogP contribution in [-0.2, 0) is 0 Å². The molecule has 0 saturated carbocycles. The fourth-order valence-corrected chi connectivity index (χ4v) is 1.33. The molecule has 2 aromatic rings. The van der Waals surface area contributed by atoms with E-state index < -0.39 is 0 Å². The molecule has 1 aromatic carbocycles. The number of fused-ring (bicyclic) bond motifs is 1. The number of aliphatic imine (C=N–C) groups is 1. The summed E-state index contributed by atoms with van der Waals surface area (Å²) in [5.74, 6) is 0. The predicted octanol–water partition coefficient (Wildman–Crippen LogP) is 2.85. The minimum absolute atomic E-state index is 0.346. The molecule has 5 heteroatoms. The van der Waals surface area contributed by atoms with Crippen molar-refractivity contribution in [1.29, 1.82) is 0 Å². The zero-order valence-corrected chi connectivity index (χ0v) is 8.10. The lowest BCUT2D eigenvalue weighted by atomic mass is 10.3. The maximum atomic E-state index is 5.19. The van der Waals surface area contributed by atoms with Crippen LogP contribution < -0.4 is 0 Å². The van der Waals surface area contributed by atoms with Gasteiger partial charge in [0, 0.05) is 6.07 Å². The van der Waals surface area contributed by atoms with E-state index in [9.17, 15) is 0 Å². The number of rotatable bonds is 1. The summed E-state index contributed by atoms with van der Waals surface area (Å²) in [5.41, 5.74) is 2.11. The minimum atomic E-state index is 0.346. The number of hydrogen-bond donors (Lipinski definition) is 1. The van der Waals surface area contributed by atoms with Crippen molar-refractivity contribution >= 4 is 46.8 Å². The number of isothiocyanates is 1. The molecule has 0 atom stereocenters. The summed E-state index contributed by atoms with van der Waals surface area (Å²) in [5, 5.41) is 2.63. The molecule has 13 heavy (non-hydrogen) atoms. The van der Waals surface area contributed by atoms with Crippen molar-refractivity contribution in [2.75, 3.05) is 0 Å². The Kier molecular flexibility index (Phi) is 2.14. The molecule has 0 bridgehead atoms. The van der Waals surface area contributed by atoms with Crippen molar-refractivity contribution < 1.29 is 4.42 Å². The van der Waals surface area contributed by atoms with E-state index in [2.05, 4.69) is 40.0 Å². The number of thiol groups is 1. The molecule has 0 N–H and O–H groups in total. The van der Waals surface area contributed by atoms with E-state index in [0.717, 1.165) is 5.52 Å². The summed E-state index contributed by atoms with van der Waals surface area (Å²) in [6, 6.07) is 5.32. The average Bonchev–Trinajstić information content (AvgIpc) is 2.44. The number of hydrogen-bond acceptors (Lipinski definition) is 5. The van der Waals surface area contributed by atoms with Crippen LogP contribution in [0.2, 0.25) is 0 Å². The van der Waals surface area contributed by atoms with Crippen LogP contribution in [0.25, 0.3) is 11.1 Å².